The number of hydrogen-bond acceptors (Lipinski definition) is 2. The zero-order valence-corrected chi connectivity index (χ0v) is 11.9. The van der Waals surface area contributed by atoms with Crippen LogP contribution in [0.3, 0.4) is 0 Å². The molecule has 0 aromatic carbocycles. The molecule has 3 nitrogen and oxygen atoms in total. The maximum Gasteiger partial charge on any atom is 0.0948 e. The second-order valence-corrected chi connectivity index (χ2v) is 5.65. The van der Waals surface area contributed by atoms with Crippen LogP contribution >= 0.6 is 0 Å². The summed E-state index contributed by atoms with van der Waals surface area (Å²) >= 11 is 0. The van der Waals surface area contributed by atoms with Gasteiger partial charge in [-0.3, -0.25) is 0 Å². The van der Waals surface area contributed by atoms with E-state index in [0.29, 0.717) is 6.04 Å². The Labute approximate surface area is 111 Å². The lowest BCUT2D eigenvalue weighted by Crippen LogP contribution is -2.34. The molecule has 0 unspecified atom stereocenters. The molecule has 1 N–H and O–H groups in total. The van der Waals surface area contributed by atoms with Crippen LogP contribution in [-0.2, 0) is 13.1 Å². The fraction of sp³-hybridized carbons (Fsp3) is 0.800. The van der Waals surface area contributed by atoms with Crippen LogP contribution in [0.15, 0.2) is 12.5 Å². The fourth-order valence-electron chi connectivity index (χ4n) is 3.00. The molecule has 1 fully saturated rings. The summed E-state index contributed by atoms with van der Waals surface area (Å²) in [6.07, 6.45) is 12.2. The molecule has 1 aliphatic carbocycles. The van der Waals surface area contributed by atoms with E-state index in [9.17, 15) is 0 Å². The van der Waals surface area contributed by atoms with Crippen LogP contribution in [0.2, 0.25) is 0 Å². The largest absolute Gasteiger partial charge is 0.333 e. The Kier molecular flexibility index (Phi) is 5.24. The number of aryl methyl sites for hydroxylation is 1. The Morgan fingerprint density at radius 1 is 1.39 bits per heavy atom. The molecule has 0 radical (unpaired) electrons. The first-order chi connectivity index (χ1) is 8.81. The summed E-state index contributed by atoms with van der Waals surface area (Å²) in [6.45, 7) is 6.59. The van der Waals surface area contributed by atoms with Crippen molar-refractivity contribution in [1.29, 1.82) is 0 Å². The van der Waals surface area contributed by atoms with Crippen molar-refractivity contribution in [3.8, 4) is 0 Å². The minimum Gasteiger partial charge on any atom is -0.333 e. The number of imidazole rings is 1. The summed E-state index contributed by atoms with van der Waals surface area (Å²) in [6, 6.07) is 0.635. The van der Waals surface area contributed by atoms with Crippen LogP contribution in [0, 0.1) is 5.92 Å². The highest BCUT2D eigenvalue weighted by atomic mass is 15.1. The number of nitrogens with one attached hydrogen (secondary N) is 1. The van der Waals surface area contributed by atoms with Gasteiger partial charge in [-0.05, 0) is 32.1 Å². The molecule has 1 aliphatic rings. The van der Waals surface area contributed by atoms with Crippen LogP contribution in [0.1, 0.15) is 58.1 Å². The lowest BCUT2D eigenvalue weighted by Gasteiger charge is -2.28. The van der Waals surface area contributed by atoms with E-state index in [2.05, 4.69) is 28.7 Å². The maximum absolute atomic E-state index is 4.25. The van der Waals surface area contributed by atoms with Gasteiger partial charge in [-0.2, -0.15) is 0 Å². The Balaban J connectivity index is 1.80. The average Bonchev–Trinajstić information content (AvgIpc) is 2.85. The summed E-state index contributed by atoms with van der Waals surface area (Å²) < 4.78 is 2.26. The molecular formula is C15H27N3. The third kappa shape index (κ3) is 3.58. The minimum atomic E-state index is 0.635. The summed E-state index contributed by atoms with van der Waals surface area (Å²) in [7, 11) is 0. The maximum atomic E-state index is 4.25. The van der Waals surface area contributed by atoms with E-state index in [1.165, 1.54) is 44.2 Å². The molecule has 18 heavy (non-hydrogen) atoms. The molecule has 1 aromatic heterocycles. The quantitative estimate of drug-likeness (QED) is 0.838. The third-order valence-corrected chi connectivity index (χ3v) is 4.23. The number of aromatic nitrogens is 2. The number of rotatable bonds is 6. The summed E-state index contributed by atoms with van der Waals surface area (Å²) in [5.74, 6) is 0.876. The van der Waals surface area contributed by atoms with Gasteiger partial charge < -0.3 is 9.88 Å². The Morgan fingerprint density at radius 2 is 2.17 bits per heavy atom. The van der Waals surface area contributed by atoms with Crippen molar-refractivity contribution in [2.24, 2.45) is 5.92 Å². The molecule has 0 spiro atoms. The van der Waals surface area contributed by atoms with Gasteiger partial charge in [0.2, 0.25) is 0 Å². The topological polar surface area (TPSA) is 29.9 Å². The molecule has 0 saturated heterocycles. The highest BCUT2D eigenvalue weighted by molar-refractivity contribution is 4.98. The van der Waals surface area contributed by atoms with Crippen molar-refractivity contribution in [2.45, 2.75) is 71.5 Å². The predicted molar refractivity (Wildman–Crippen MR) is 75.4 cm³/mol. The van der Waals surface area contributed by atoms with E-state index in [4.69, 9.17) is 0 Å². The van der Waals surface area contributed by atoms with Gasteiger partial charge in [0.25, 0.3) is 0 Å². The monoisotopic (exact) mass is 249 g/mol. The second-order valence-electron chi connectivity index (χ2n) is 5.65. The minimum absolute atomic E-state index is 0.635. The van der Waals surface area contributed by atoms with E-state index in [-0.39, 0.29) is 0 Å². The molecule has 1 atom stereocenters. The lowest BCUT2D eigenvalue weighted by molar-refractivity contribution is 0.279. The molecule has 1 aromatic rings. The number of hydrogen-bond donors (Lipinski definition) is 1. The average molecular weight is 249 g/mol. The van der Waals surface area contributed by atoms with Crippen molar-refractivity contribution in [3.05, 3.63) is 18.2 Å². The summed E-state index contributed by atoms with van der Waals surface area (Å²) in [4.78, 5) is 4.25. The predicted octanol–water partition coefficient (Wildman–Crippen LogP) is 3.35. The van der Waals surface area contributed by atoms with Crippen LogP contribution < -0.4 is 5.32 Å². The third-order valence-electron chi connectivity index (χ3n) is 4.23. The molecular weight excluding hydrogens is 222 g/mol. The van der Waals surface area contributed by atoms with Gasteiger partial charge in [-0.25, -0.2) is 4.98 Å². The summed E-state index contributed by atoms with van der Waals surface area (Å²) in [5.41, 5.74) is 1.32. The Morgan fingerprint density at radius 3 is 2.89 bits per heavy atom. The van der Waals surface area contributed by atoms with Gasteiger partial charge in [-0.15, -0.1) is 0 Å². The highest BCUT2D eigenvalue weighted by Crippen LogP contribution is 2.26. The van der Waals surface area contributed by atoms with Gasteiger partial charge >= 0.3 is 0 Å². The van der Waals surface area contributed by atoms with E-state index < -0.39 is 0 Å². The Bertz CT molecular complexity index is 339. The van der Waals surface area contributed by atoms with Crippen LogP contribution in [-0.4, -0.2) is 15.6 Å². The lowest BCUT2D eigenvalue weighted by atomic mass is 9.84. The molecule has 102 valence electrons. The van der Waals surface area contributed by atoms with Crippen molar-refractivity contribution < 1.29 is 0 Å². The van der Waals surface area contributed by atoms with Gasteiger partial charge in [0.05, 0.1) is 12.0 Å². The molecule has 0 aliphatic heterocycles. The van der Waals surface area contributed by atoms with Gasteiger partial charge in [0, 0.05) is 25.3 Å². The smallest absolute Gasteiger partial charge is 0.0948 e. The molecule has 1 heterocycles. The molecule has 3 heteroatoms. The van der Waals surface area contributed by atoms with E-state index >= 15 is 0 Å². The first-order valence-electron chi connectivity index (χ1n) is 7.53. The van der Waals surface area contributed by atoms with Gasteiger partial charge in [-0.1, -0.05) is 26.2 Å². The van der Waals surface area contributed by atoms with E-state index in [0.717, 1.165) is 19.0 Å². The van der Waals surface area contributed by atoms with Gasteiger partial charge in [0.1, 0.15) is 0 Å². The van der Waals surface area contributed by atoms with Crippen molar-refractivity contribution in [2.75, 3.05) is 0 Å². The van der Waals surface area contributed by atoms with Crippen molar-refractivity contribution >= 4 is 0 Å². The normalized spacial score (nSPS) is 19.0. The molecule has 2 rings (SSSR count). The molecule has 0 bridgehead atoms. The second kappa shape index (κ2) is 6.93. The SMILES string of the molecule is CCCn1cncc1CN[C@H](C)C1CCCCC1. The zero-order chi connectivity index (χ0) is 12.8. The number of nitrogens with zero attached hydrogens (tertiary/aromatic N) is 2. The standard InChI is InChI=1S/C15H27N3/c1-3-9-18-12-16-10-15(18)11-17-13(2)14-7-5-4-6-8-14/h10,12-14,17H,3-9,11H2,1-2H3/t13-/m1/s1. The zero-order valence-electron chi connectivity index (χ0n) is 11.9. The van der Waals surface area contributed by atoms with Crippen molar-refractivity contribution in [3.63, 3.8) is 0 Å². The van der Waals surface area contributed by atoms with Crippen LogP contribution in [0.4, 0.5) is 0 Å². The fourth-order valence-corrected chi connectivity index (χ4v) is 3.00. The first kappa shape index (κ1) is 13.6. The van der Waals surface area contributed by atoms with Gasteiger partial charge in [0.15, 0.2) is 0 Å². The Hall–Kier alpha value is -0.830. The van der Waals surface area contributed by atoms with E-state index in [1.807, 2.05) is 12.5 Å². The molecule has 0 amide bonds. The first-order valence-corrected chi connectivity index (χ1v) is 7.53. The van der Waals surface area contributed by atoms with Crippen LogP contribution in [0.25, 0.3) is 0 Å². The van der Waals surface area contributed by atoms with Crippen molar-refractivity contribution in [1.82, 2.24) is 14.9 Å². The van der Waals surface area contributed by atoms with E-state index in [1.54, 1.807) is 0 Å². The highest BCUT2D eigenvalue weighted by Gasteiger charge is 2.19. The van der Waals surface area contributed by atoms with Crippen LogP contribution in [0.5, 0.6) is 0 Å². The summed E-state index contributed by atoms with van der Waals surface area (Å²) in [5, 5.41) is 3.69. The molecule has 1 saturated carbocycles.